The second-order valence-corrected chi connectivity index (χ2v) is 4.23. The Bertz CT molecular complexity index is 418. The summed E-state index contributed by atoms with van der Waals surface area (Å²) in [5.74, 6) is 0.306. The molecule has 0 spiro atoms. The molecule has 1 aromatic rings. The van der Waals surface area contributed by atoms with Crippen molar-refractivity contribution in [1.82, 2.24) is 0 Å². The Kier molecular flexibility index (Phi) is 7.21. The van der Waals surface area contributed by atoms with Crippen molar-refractivity contribution < 1.29 is 52.4 Å². The maximum absolute atomic E-state index is 10.7. The van der Waals surface area contributed by atoms with Crippen molar-refractivity contribution in [3.8, 4) is 5.75 Å². The van der Waals surface area contributed by atoms with Gasteiger partial charge in [0.2, 0.25) is 0 Å². The van der Waals surface area contributed by atoms with Crippen LogP contribution in [0.25, 0.3) is 0 Å². The van der Waals surface area contributed by atoms with E-state index >= 15 is 0 Å². The van der Waals surface area contributed by atoms with Gasteiger partial charge in [-0.25, -0.2) is 8.42 Å². The van der Waals surface area contributed by atoms with Gasteiger partial charge in [0.05, 0.1) is 11.5 Å². The molecule has 0 bridgehead atoms. The van der Waals surface area contributed by atoms with E-state index in [9.17, 15) is 13.0 Å². The number of aliphatic hydroxyl groups is 1. The molecule has 7 heteroatoms. The van der Waals surface area contributed by atoms with E-state index in [0.717, 1.165) is 0 Å². The van der Waals surface area contributed by atoms with E-state index < -0.39 is 10.1 Å². The van der Waals surface area contributed by atoms with Gasteiger partial charge in [0.25, 0.3) is 0 Å². The summed E-state index contributed by atoms with van der Waals surface area (Å²) in [7, 11) is -4.44. The fraction of sp³-hybridized carbons (Fsp3) is 0.333. The Balaban J connectivity index is 0.00000225. The summed E-state index contributed by atoms with van der Waals surface area (Å²) in [5, 5.41) is 8.50. The van der Waals surface area contributed by atoms with Gasteiger partial charge in [-0.1, -0.05) is 6.07 Å². The molecule has 1 aromatic carbocycles. The predicted octanol–water partition coefficient (Wildman–Crippen LogP) is -2.64. The molecular weight excluding hydrogens is 243 g/mol. The van der Waals surface area contributed by atoms with Crippen LogP contribution in [0.1, 0.15) is 6.42 Å². The van der Waals surface area contributed by atoms with Crippen LogP contribution in [0.5, 0.6) is 5.75 Å². The third-order valence-electron chi connectivity index (χ3n) is 1.67. The molecule has 84 valence electrons. The summed E-state index contributed by atoms with van der Waals surface area (Å²) >= 11 is 0. The topological polar surface area (TPSA) is 86.7 Å². The third-order valence-corrected chi connectivity index (χ3v) is 2.50. The van der Waals surface area contributed by atoms with Crippen LogP contribution in [0.3, 0.4) is 0 Å². The standard InChI is InChI=1S/C9H12O5S.Na/c10-5-2-6-14-8-3-1-4-9(7-8)15(11,12)13;/h1,3-4,7,10H,2,5-6H2,(H,11,12,13);/q;+1/p-1. The Morgan fingerprint density at radius 2 is 2.06 bits per heavy atom. The Morgan fingerprint density at radius 1 is 1.38 bits per heavy atom. The summed E-state index contributed by atoms with van der Waals surface area (Å²) in [6.07, 6.45) is 0.453. The monoisotopic (exact) mass is 254 g/mol. The fourth-order valence-corrected chi connectivity index (χ4v) is 1.48. The van der Waals surface area contributed by atoms with E-state index in [-0.39, 0.29) is 47.7 Å². The van der Waals surface area contributed by atoms with Crippen LogP contribution in [0.4, 0.5) is 0 Å². The largest absolute Gasteiger partial charge is 1.00 e. The zero-order valence-corrected chi connectivity index (χ0v) is 11.7. The Hall–Kier alpha value is -0.110. The van der Waals surface area contributed by atoms with Crippen molar-refractivity contribution in [2.24, 2.45) is 0 Å². The van der Waals surface area contributed by atoms with Crippen LogP contribution in [-0.4, -0.2) is 31.3 Å². The van der Waals surface area contributed by atoms with Gasteiger partial charge in [-0.05, 0) is 18.2 Å². The second-order valence-electron chi connectivity index (χ2n) is 2.85. The molecule has 5 nitrogen and oxygen atoms in total. The van der Waals surface area contributed by atoms with Crippen molar-refractivity contribution in [2.45, 2.75) is 11.3 Å². The smallest absolute Gasteiger partial charge is 0.744 e. The first-order chi connectivity index (χ1) is 7.04. The maximum Gasteiger partial charge on any atom is 1.00 e. The van der Waals surface area contributed by atoms with Gasteiger partial charge in [-0.2, -0.15) is 0 Å². The van der Waals surface area contributed by atoms with E-state index in [0.29, 0.717) is 12.2 Å². The van der Waals surface area contributed by atoms with Gasteiger partial charge >= 0.3 is 29.6 Å². The van der Waals surface area contributed by atoms with Gasteiger partial charge < -0.3 is 14.4 Å². The van der Waals surface area contributed by atoms with Gasteiger partial charge in [-0.15, -0.1) is 0 Å². The van der Waals surface area contributed by atoms with Gasteiger partial charge in [0, 0.05) is 13.0 Å². The molecule has 0 unspecified atom stereocenters. The number of hydrogen-bond acceptors (Lipinski definition) is 5. The Morgan fingerprint density at radius 3 is 2.62 bits per heavy atom. The molecule has 0 aliphatic rings. The summed E-state index contributed by atoms with van der Waals surface area (Å²) in [4.78, 5) is -0.316. The fourth-order valence-electron chi connectivity index (χ4n) is 0.974. The molecule has 1 N–H and O–H groups in total. The number of rotatable bonds is 5. The van der Waals surface area contributed by atoms with Crippen LogP contribution in [0, 0.1) is 0 Å². The van der Waals surface area contributed by atoms with E-state index in [1.165, 1.54) is 18.2 Å². The van der Waals surface area contributed by atoms with Crippen LogP contribution in [0.2, 0.25) is 0 Å². The summed E-state index contributed by atoms with van der Waals surface area (Å²) in [5.41, 5.74) is 0. The van der Waals surface area contributed by atoms with Crippen molar-refractivity contribution in [1.29, 1.82) is 0 Å². The quantitative estimate of drug-likeness (QED) is 0.352. The zero-order chi connectivity index (χ0) is 11.3. The number of aliphatic hydroxyl groups excluding tert-OH is 1. The van der Waals surface area contributed by atoms with Crippen LogP contribution >= 0.6 is 0 Å². The molecule has 0 aliphatic carbocycles. The van der Waals surface area contributed by atoms with Crippen LogP contribution in [-0.2, 0) is 10.1 Å². The van der Waals surface area contributed by atoms with Gasteiger partial charge in [0.15, 0.2) is 0 Å². The van der Waals surface area contributed by atoms with Crippen LogP contribution < -0.4 is 34.3 Å². The Labute approximate surface area is 116 Å². The minimum absolute atomic E-state index is 0. The molecule has 0 fully saturated rings. The molecule has 1 rings (SSSR count). The molecule has 0 aliphatic heterocycles. The third kappa shape index (κ3) is 5.29. The van der Waals surface area contributed by atoms with E-state index in [4.69, 9.17) is 9.84 Å². The summed E-state index contributed by atoms with van der Waals surface area (Å²) in [6, 6.07) is 5.35. The molecule has 0 heterocycles. The predicted molar refractivity (Wildman–Crippen MR) is 51.6 cm³/mol. The minimum Gasteiger partial charge on any atom is -0.744 e. The minimum atomic E-state index is -4.44. The van der Waals surface area contributed by atoms with E-state index in [2.05, 4.69) is 0 Å². The summed E-state index contributed by atoms with van der Waals surface area (Å²) < 4.78 is 37.1. The molecular formula is C9H11NaO5S. The van der Waals surface area contributed by atoms with Crippen molar-refractivity contribution >= 4 is 10.1 Å². The normalized spacial score (nSPS) is 10.6. The molecule has 16 heavy (non-hydrogen) atoms. The molecule has 0 atom stereocenters. The zero-order valence-electron chi connectivity index (χ0n) is 8.92. The van der Waals surface area contributed by atoms with Gasteiger partial charge in [0.1, 0.15) is 15.9 Å². The first-order valence-electron chi connectivity index (χ1n) is 4.33. The van der Waals surface area contributed by atoms with Crippen molar-refractivity contribution in [2.75, 3.05) is 13.2 Å². The van der Waals surface area contributed by atoms with E-state index in [1.54, 1.807) is 6.07 Å². The molecule has 0 radical (unpaired) electrons. The molecule has 0 saturated carbocycles. The molecule has 0 amide bonds. The average Bonchev–Trinajstić information content (AvgIpc) is 2.17. The first-order valence-corrected chi connectivity index (χ1v) is 5.74. The number of ether oxygens (including phenoxy) is 1. The van der Waals surface area contributed by atoms with Crippen LogP contribution in [0.15, 0.2) is 29.2 Å². The molecule has 0 saturated heterocycles. The van der Waals surface area contributed by atoms with E-state index in [1.807, 2.05) is 0 Å². The number of benzene rings is 1. The maximum atomic E-state index is 10.7. The average molecular weight is 254 g/mol. The van der Waals surface area contributed by atoms with Gasteiger partial charge in [-0.3, -0.25) is 0 Å². The second kappa shape index (κ2) is 7.26. The SMILES string of the molecule is O=S(=O)([O-])c1cccc(OCCCO)c1.[Na+]. The number of hydrogen-bond donors (Lipinski definition) is 1. The van der Waals surface area contributed by atoms with Crippen molar-refractivity contribution in [3.63, 3.8) is 0 Å². The molecule has 0 aromatic heterocycles. The first kappa shape index (κ1) is 15.9. The summed E-state index contributed by atoms with van der Waals surface area (Å²) in [6.45, 7) is 0.276. The van der Waals surface area contributed by atoms with Crippen molar-refractivity contribution in [3.05, 3.63) is 24.3 Å².